The van der Waals surface area contributed by atoms with Gasteiger partial charge in [0.25, 0.3) is 0 Å². The van der Waals surface area contributed by atoms with Gasteiger partial charge in [-0.2, -0.15) is 0 Å². The minimum Gasteiger partial charge on any atom is -0.404 e. The van der Waals surface area contributed by atoms with Crippen LogP contribution in [0, 0.1) is 0 Å². The number of ether oxygens (including phenoxy) is 1. The molecule has 0 atom stereocenters. The zero-order chi connectivity index (χ0) is 18.4. The molecule has 1 amide bonds. The molecule has 0 aliphatic carbocycles. The number of carbonyl (C=O) groups excluding carboxylic acids is 1. The van der Waals surface area contributed by atoms with Gasteiger partial charge in [-0.1, -0.05) is 12.1 Å². The zero-order valence-electron chi connectivity index (χ0n) is 13.3. The van der Waals surface area contributed by atoms with Gasteiger partial charge in [-0.15, -0.1) is 13.2 Å². The molecule has 0 aliphatic rings. The highest BCUT2D eigenvalue weighted by atomic mass is 32.2. The van der Waals surface area contributed by atoms with Crippen LogP contribution in [0.5, 0.6) is 5.75 Å². The molecular weight excluding hydrogens is 349 g/mol. The van der Waals surface area contributed by atoms with Gasteiger partial charge in [0, 0.05) is 26.1 Å². The number of para-hydroxylation sites is 1. The summed E-state index contributed by atoms with van der Waals surface area (Å²) in [5, 5.41) is 0. The molecule has 6 nitrogen and oxygen atoms in total. The molecule has 136 valence electrons. The summed E-state index contributed by atoms with van der Waals surface area (Å²) in [6, 6.07) is 4.40. The van der Waals surface area contributed by atoms with Gasteiger partial charge in [0.15, 0.2) is 0 Å². The zero-order valence-corrected chi connectivity index (χ0v) is 14.1. The van der Waals surface area contributed by atoms with E-state index in [-0.39, 0.29) is 18.9 Å². The lowest BCUT2D eigenvalue weighted by Crippen LogP contribution is -2.34. The number of nitrogens with zero attached hydrogens (tertiary/aromatic N) is 1. The van der Waals surface area contributed by atoms with Gasteiger partial charge < -0.3 is 9.64 Å². The summed E-state index contributed by atoms with van der Waals surface area (Å²) in [5.74, 6) is -1.07. The Morgan fingerprint density at radius 1 is 1.21 bits per heavy atom. The summed E-state index contributed by atoms with van der Waals surface area (Å²) in [4.78, 5) is 12.7. The van der Waals surface area contributed by atoms with Gasteiger partial charge in [-0.25, -0.2) is 13.1 Å². The number of hydrogen-bond donors (Lipinski definition) is 1. The number of sulfonamides is 1. The minimum absolute atomic E-state index is 0.0940. The molecule has 1 rings (SSSR count). The summed E-state index contributed by atoms with van der Waals surface area (Å²) in [5.41, 5.74) is 0. The van der Waals surface area contributed by atoms with Crippen molar-refractivity contribution < 1.29 is 31.1 Å². The highest BCUT2D eigenvalue weighted by Gasteiger charge is 2.33. The van der Waals surface area contributed by atoms with E-state index in [1.54, 1.807) is 13.8 Å². The number of amides is 1. The maximum absolute atomic E-state index is 12.3. The van der Waals surface area contributed by atoms with Crippen LogP contribution < -0.4 is 9.46 Å². The molecule has 0 aliphatic heterocycles. The molecule has 1 aromatic rings. The van der Waals surface area contributed by atoms with E-state index in [0.29, 0.717) is 13.1 Å². The lowest BCUT2D eigenvalue weighted by atomic mass is 10.3. The summed E-state index contributed by atoms with van der Waals surface area (Å²) in [6.07, 6.45) is -5.10. The number of hydrogen-bond acceptors (Lipinski definition) is 4. The predicted octanol–water partition coefficient (Wildman–Crippen LogP) is 2.12. The molecule has 0 bridgehead atoms. The Morgan fingerprint density at radius 2 is 1.79 bits per heavy atom. The molecule has 1 N–H and O–H groups in total. The van der Waals surface area contributed by atoms with Gasteiger partial charge >= 0.3 is 6.36 Å². The van der Waals surface area contributed by atoms with Crippen LogP contribution in [0.2, 0.25) is 0 Å². The van der Waals surface area contributed by atoms with Crippen LogP contribution in [0.25, 0.3) is 0 Å². The van der Waals surface area contributed by atoms with Crippen molar-refractivity contribution in [3.63, 3.8) is 0 Å². The maximum atomic E-state index is 12.3. The molecule has 0 fully saturated rings. The fourth-order valence-electron chi connectivity index (χ4n) is 1.99. The topological polar surface area (TPSA) is 75.7 Å². The number of rotatable bonds is 8. The fourth-order valence-corrected chi connectivity index (χ4v) is 3.14. The molecular formula is C14H19F3N2O4S. The first-order valence-corrected chi connectivity index (χ1v) is 8.71. The third kappa shape index (κ3) is 6.00. The van der Waals surface area contributed by atoms with Gasteiger partial charge in [0.1, 0.15) is 10.6 Å². The second kappa shape index (κ2) is 8.34. The van der Waals surface area contributed by atoms with E-state index in [0.717, 1.165) is 12.1 Å². The van der Waals surface area contributed by atoms with E-state index in [1.807, 2.05) is 0 Å². The second-order valence-corrected chi connectivity index (χ2v) is 6.44. The van der Waals surface area contributed by atoms with E-state index < -0.39 is 27.0 Å². The summed E-state index contributed by atoms with van der Waals surface area (Å²) < 4.78 is 67.2. The average Bonchev–Trinajstić information content (AvgIpc) is 2.47. The molecule has 1 aromatic carbocycles. The standard InChI is InChI=1S/C14H19F3N2O4S/c1-3-19(4-2)13(20)9-10-18-24(21,22)12-8-6-5-7-11(12)23-14(15,16)17/h5-8,18H,3-4,9-10H2,1-2H3. The van der Waals surface area contributed by atoms with E-state index in [2.05, 4.69) is 9.46 Å². The number of alkyl halides is 3. The van der Waals surface area contributed by atoms with Gasteiger partial charge in [-0.3, -0.25) is 4.79 Å². The molecule has 24 heavy (non-hydrogen) atoms. The average molecular weight is 368 g/mol. The summed E-state index contributed by atoms with van der Waals surface area (Å²) in [7, 11) is -4.24. The predicted molar refractivity (Wildman–Crippen MR) is 80.9 cm³/mol. The van der Waals surface area contributed by atoms with Gasteiger partial charge in [0.2, 0.25) is 15.9 Å². The number of carbonyl (C=O) groups is 1. The van der Waals surface area contributed by atoms with E-state index >= 15 is 0 Å². The number of halogens is 3. The van der Waals surface area contributed by atoms with Gasteiger partial charge in [-0.05, 0) is 26.0 Å². The van der Waals surface area contributed by atoms with Crippen molar-refractivity contribution in [2.45, 2.75) is 31.5 Å². The quantitative estimate of drug-likeness (QED) is 0.763. The lowest BCUT2D eigenvalue weighted by Gasteiger charge is -2.18. The molecule has 0 saturated carbocycles. The second-order valence-electron chi connectivity index (χ2n) is 4.71. The highest BCUT2D eigenvalue weighted by Crippen LogP contribution is 2.29. The lowest BCUT2D eigenvalue weighted by molar-refractivity contribution is -0.275. The van der Waals surface area contributed by atoms with E-state index in [4.69, 9.17) is 0 Å². The normalized spacial score (nSPS) is 12.0. The third-order valence-corrected chi connectivity index (χ3v) is 4.61. The smallest absolute Gasteiger partial charge is 0.404 e. The molecule has 0 spiro atoms. The maximum Gasteiger partial charge on any atom is 0.573 e. The molecule has 10 heteroatoms. The Bertz CT molecular complexity index is 658. The van der Waals surface area contributed by atoms with Crippen LogP contribution >= 0.6 is 0 Å². The molecule has 0 radical (unpaired) electrons. The highest BCUT2D eigenvalue weighted by molar-refractivity contribution is 7.89. The fraction of sp³-hybridized carbons (Fsp3) is 0.500. The first kappa shape index (κ1) is 20.2. The van der Waals surface area contributed by atoms with Crippen LogP contribution in [0.4, 0.5) is 13.2 Å². The molecule has 0 saturated heterocycles. The summed E-state index contributed by atoms with van der Waals surface area (Å²) in [6.45, 7) is 4.33. The molecule has 0 unspecified atom stereocenters. The van der Waals surface area contributed by atoms with Crippen LogP contribution in [-0.4, -0.2) is 45.2 Å². The first-order valence-electron chi connectivity index (χ1n) is 7.23. The number of benzene rings is 1. The van der Waals surface area contributed by atoms with Gasteiger partial charge in [0.05, 0.1) is 0 Å². The van der Waals surface area contributed by atoms with Crippen molar-refractivity contribution in [3.05, 3.63) is 24.3 Å². The van der Waals surface area contributed by atoms with Crippen molar-refractivity contribution >= 4 is 15.9 Å². The van der Waals surface area contributed by atoms with Crippen LogP contribution in [0.15, 0.2) is 29.2 Å². The largest absolute Gasteiger partial charge is 0.573 e. The Hall–Kier alpha value is -1.81. The SMILES string of the molecule is CCN(CC)C(=O)CCNS(=O)(=O)c1ccccc1OC(F)(F)F. The van der Waals surface area contributed by atoms with E-state index in [1.165, 1.54) is 17.0 Å². The third-order valence-electron chi connectivity index (χ3n) is 3.11. The first-order chi connectivity index (χ1) is 11.1. The van der Waals surface area contributed by atoms with Crippen LogP contribution in [-0.2, 0) is 14.8 Å². The van der Waals surface area contributed by atoms with Crippen molar-refractivity contribution in [1.29, 1.82) is 0 Å². The van der Waals surface area contributed by atoms with Crippen molar-refractivity contribution in [2.75, 3.05) is 19.6 Å². The van der Waals surface area contributed by atoms with E-state index in [9.17, 15) is 26.4 Å². The molecule has 0 aromatic heterocycles. The Balaban J connectivity index is 2.81. The minimum atomic E-state index is -5.01. The molecule has 0 heterocycles. The van der Waals surface area contributed by atoms with Crippen molar-refractivity contribution in [2.24, 2.45) is 0 Å². The van der Waals surface area contributed by atoms with Crippen molar-refractivity contribution in [3.8, 4) is 5.75 Å². The van der Waals surface area contributed by atoms with Crippen LogP contribution in [0.1, 0.15) is 20.3 Å². The monoisotopic (exact) mass is 368 g/mol. The number of nitrogens with one attached hydrogen (secondary N) is 1. The summed E-state index contributed by atoms with van der Waals surface area (Å²) >= 11 is 0. The Labute approximate surface area is 138 Å². The Kier molecular flexibility index (Phi) is 7.03. The Morgan fingerprint density at radius 3 is 2.33 bits per heavy atom. The van der Waals surface area contributed by atoms with Crippen molar-refractivity contribution in [1.82, 2.24) is 9.62 Å². The van der Waals surface area contributed by atoms with Crippen LogP contribution in [0.3, 0.4) is 0 Å².